The number of rotatable bonds is 0. The van der Waals surface area contributed by atoms with Crippen LogP contribution in [0.2, 0.25) is 0 Å². The Kier molecular flexibility index (Phi) is 3.54. The van der Waals surface area contributed by atoms with Gasteiger partial charge in [0.1, 0.15) is 11.5 Å². The summed E-state index contributed by atoms with van der Waals surface area (Å²) in [5.41, 5.74) is 5.67. The SMILES string of the molecule is Cc1cc(C)c2c(c1)Cc1cc(C)cc(C)c1OP(=O)(O)O2. The van der Waals surface area contributed by atoms with Crippen molar-refractivity contribution in [3.8, 4) is 11.5 Å². The lowest BCUT2D eigenvalue weighted by molar-refractivity contribution is 0.285. The van der Waals surface area contributed by atoms with Gasteiger partial charge in [0, 0.05) is 6.42 Å². The van der Waals surface area contributed by atoms with E-state index in [9.17, 15) is 9.46 Å². The fourth-order valence-electron chi connectivity index (χ4n) is 3.06. The van der Waals surface area contributed by atoms with Gasteiger partial charge >= 0.3 is 7.82 Å². The van der Waals surface area contributed by atoms with E-state index in [1.165, 1.54) is 0 Å². The third-order valence-electron chi connectivity index (χ3n) is 3.79. The van der Waals surface area contributed by atoms with Gasteiger partial charge in [-0.05, 0) is 49.9 Å². The molecule has 0 saturated carbocycles. The van der Waals surface area contributed by atoms with Crippen molar-refractivity contribution in [2.75, 3.05) is 0 Å². The quantitative estimate of drug-likeness (QED) is 0.732. The van der Waals surface area contributed by atoms with Crippen LogP contribution in [0.25, 0.3) is 0 Å². The molecule has 0 unspecified atom stereocenters. The molecule has 2 aromatic rings. The van der Waals surface area contributed by atoms with E-state index in [-0.39, 0.29) is 0 Å². The van der Waals surface area contributed by atoms with E-state index in [4.69, 9.17) is 9.05 Å². The van der Waals surface area contributed by atoms with E-state index in [1.807, 2.05) is 52.0 Å². The molecule has 0 aliphatic carbocycles. The van der Waals surface area contributed by atoms with E-state index in [0.717, 1.165) is 33.4 Å². The normalized spacial score (nSPS) is 15.7. The lowest BCUT2D eigenvalue weighted by atomic mass is 9.96. The van der Waals surface area contributed by atoms with Crippen molar-refractivity contribution in [1.29, 1.82) is 0 Å². The highest BCUT2D eigenvalue weighted by atomic mass is 31.2. The summed E-state index contributed by atoms with van der Waals surface area (Å²) >= 11 is 0. The molecule has 0 spiro atoms. The molecule has 0 fully saturated rings. The summed E-state index contributed by atoms with van der Waals surface area (Å²) in [6, 6.07) is 7.86. The van der Waals surface area contributed by atoms with Crippen LogP contribution in [-0.2, 0) is 11.0 Å². The number of benzene rings is 2. The highest BCUT2D eigenvalue weighted by molar-refractivity contribution is 7.48. The Morgan fingerprint density at radius 2 is 1.27 bits per heavy atom. The molecule has 2 aromatic carbocycles. The Bertz CT molecular complexity index is 747. The Morgan fingerprint density at radius 3 is 1.68 bits per heavy atom. The average Bonchev–Trinajstić information content (AvgIpc) is 2.36. The van der Waals surface area contributed by atoms with Crippen molar-refractivity contribution in [2.45, 2.75) is 34.1 Å². The van der Waals surface area contributed by atoms with Gasteiger partial charge in [0.15, 0.2) is 0 Å². The van der Waals surface area contributed by atoms with Crippen LogP contribution in [0.15, 0.2) is 24.3 Å². The summed E-state index contributed by atoms with van der Waals surface area (Å²) < 4.78 is 23.0. The Morgan fingerprint density at radius 1 is 0.864 bits per heavy atom. The molecule has 116 valence electrons. The molecule has 0 atom stereocenters. The molecule has 1 aliphatic rings. The minimum Gasteiger partial charge on any atom is -0.395 e. The largest absolute Gasteiger partial charge is 0.584 e. The van der Waals surface area contributed by atoms with Crippen LogP contribution in [0, 0.1) is 27.7 Å². The minimum absolute atomic E-state index is 0.446. The van der Waals surface area contributed by atoms with E-state index < -0.39 is 7.82 Å². The second-order valence-electron chi connectivity index (χ2n) is 5.97. The maximum atomic E-state index is 12.3. The molecular weight excluding hydrogens is 299 g/mol. The maximum absolute atomic E-state index is 12.3. The van der Waals surface area contributed by atoms with Crippen LogP contribution in [0.3, 0.4) is 0 Å². The molecule has 1 N–H and O–H groups in total. The van der Waals surface area contributed by atoms with E-state index >= 15 is 0 Å². The first-order valence-corrected chi connectivity index (χ1v) is 8.67. The Labute approximate surface area is 130 Å². The molecule has 0 bridgehead atoms. The first kappa shape index (κ1) is 15.1. The summed E-state index contributed by atoms with van der Waals surface area (Å²) in [7, 11) is -4.21. The number of phosphoric ester groups is 1. The van der Waals surface area contributed by atoms with Gasteiger partial charge in [0.25, 0.3) is 0 Å². The van der Waals surface area contributed by atoms with E-state index in [0.29, 0.717) is 17.9 Å². The van der Waals surface area contributed by atoms with Crippen molar-refractivity contribution < 1.29 is 18.5 Å². The van der Waals surface area contributed by atoms with E-state index in [1.54, 1.807) is 0 Å². The van der Waals surface area contributed by atoms with Crippen molar-refractivity contribution in [3.63, 3.8) is 0 Å². The molecule has 0 aromatic heterocycles. The first-order valence-electron chi connectivity index (χ1n) is 7.17. The molecule has 0 radical (unpaired) electrons. The maximum Gasteiger partial charge on any atom is 0.584 e. The predicted octanol–water partition coefficient (Wildman–Crippen LogP) is 4.38. The van der Waals surface area contributed by atoms with Crippen molar-refractivity contribution in [3.05, 3.63) is 57.6 Å². The van der Waals surface area contributed by atoms with Gasteiger partial charge in [0.2, 0.25) is 0 Å². The van der Waals surface area contributed by atoms with Gasteiger partial charge in [0.05, 0.1) is 0 Å². The minimum atomic E-state index is -4.21. The highest BCUT2D eigenvalue weighted by Gasteiger charge is 2.32. The van der Waals surface area contributed by atoms with Gasteiger partial charge in [-0.3, -0.25) is 4.89 Å². The molecular formula is C17H19O4P. The number of phosphoric acid groups is 1. The first-order chi connectivity index (χ1) is 10.2. The van der Waals surface area contributed by atoms with Gasteiger partial charge in [-0.1, -0.05) is 35.4 Å². The number of hydrogen-bond acceptors (Lipinski definition) is 3. The Hall–Kier alpha value is -1.77. The Balaban J connectivity index is 2.26. The van der Waals surface area contributed by atoms with Gasteiger partial charge in [-0.15, -0.1) is 0 Å². The van der Waals surface area contributed by atoms with Crippen molar-refractivity contribution in [1.82, 2.24) is 0 Å². The second kappa shape index (κ2) is 5.15. The van der Waals surface area contributed by atoms with Crippen molar-refractivity contribution >= 4 is 7.82 Å². The zero-order valence-electron chi connectivity index (χ0n) is 13.1. The monoisotopic (exact) mass is 318 g/mol. The summed E-state index contributed by atoms with van der Waals surface area (Å²) in [5, 5.41) is 0. The van der Waals surface area contributed by atoms with Gasteiger partial charge in [-0.25, -0.2) is 4.57 Å². The lowest BCUT2D eigenvalue weighted by Gasteiger charge is -2.24. The summed E-state index contributed by atoms with van der Waals surface area (Å²) in [5.74, 6) is 0.891. The molecule has 4 nitrogen and oxygen atoms in total. The molecule has 0 saturated heterocycles. The molecule has 22 heavy (non-hydrogen) atoms. The molecule has 3 rings (SSSR count). The van der Waals surface area contributed by atoms with E-state index in [2.05, 4.69) is 0 Å². The summed E-state index contributed by atoms with van der Waals surface area (Å²) in [4.78, 5) is 10.1. The zero-order chi connectivity index (χ0) is 16.1. The average molecular weight is 318 g/mol. The number of fused-ring (bicyclic) bond motifs is 2. The van der Waals surface area contributed by atoms with Crippen LogP contribution < -0.4 is 9.05 Å². The fourth-order valence-corrected chi connectivity index (χ4v) is 4.08. The van der Waals surface area contributed by atoms with Crippen LogP contribution in [0.4, 0.5) is 0 Å². The summed E-state index contributed by atoms with van der Waals surface area (Å²) in [6.45, 7) is 7.75. The van der Waals surface area contributed by atoms with Crippen LogP contribution in [0.5, 0.6) is 11.5 Å². The summed E-state index contributed by atoms with van der Waals surface area (Å²) in [6.07, 6.45) is 0.607. The number of hydrogen-bond donors (Lipinski definition) is 1. The lowest BCUT2D eigenvalue weighted by Crippen LogP contribution is -2.10. The topological polar surface area (TPSA) is 55.8 Å². The van der Waals surface area contributed by atoms with Gasteiger partial charge in [-0.2, -0.15) is 0 Å². The fraction of sp³-hybridized carbons (Fsp3) is 0.294. The zero-order valence-corrected chi connectivity index (χ0v) is 14.0. The van der Waals surface area contributed by atoms with Crippen molar-refractivity contribution in [2.24, 2.45) is 0 Å². The molecule has 1 heterocycles. The predicted molar refractivity (Wildman–Crippen MR) is 85.7 cm³/mol. The second-order valence-corrected chi connectivity index (χ2v) is 7.27. The highest BCUT2D eigenvalue weighted by Crippen LogP contribution is 2.50. The molecule has 0 amide bonds. The van der Waals surface area contributed by atoms with Gasteiger partial charge < -0.3 is 9.05 Å². The molecule has 1 aliphatic heterocycles. The van der Waals surface area contributed by atoms with Crippen LogP contribution >= 0.6 is 7.82 Å². The third-order valence-corrected chi connectivity index (χ3v) is 4.61. The standard InChI is InChI=1S/C17H19O4P/c1-10-5-12(3)16-14(7-10)9-15-8-11(2)6-13(4)17(15)21-22(18,19)20-16/h5-8H,9H2,1-4H3,(H,18,19). The van der Waals surface area contributed by atoms with Crippen LogP contribution in [0.1, 0.15) is 33.4 Å². The van der Waals surface area contributed by atoms with Crippen LogP contribution in [-0.4, -0.2) is 4.89 Å². The molecule has 5 heteroatoms. The third kappa shape index (κ3) is 2.77. The smallest absolute Gasteiger partial charge is 0.395 e. The number of aryl methyl sites for hydroxylation is 4.